The van der Waals surface area contributed by atoms with Crippen molar-refractivity contribution in [2.24, 2.45) is 0 Å². The van der Waals surface area contributed by atoms with E-state index in [2.05, 4.69) is 0 Å². The summed E-state index contributed by atoms with van der Waals surface area (Å²) in [5.41, 5.74) is 2.36. The zero-order chi connectivity index (χ0) is 23.4. The van der Waals surface area contributed by atoms with Crippen molar-refractivity contribution >= 4 is 29.4 Å². The molecule has 7 nitrogen and oxygen atoms in total. The van der Waals surface area contributed by atoms with Crippen LogP contribution in [-0.4, -0.2) is 63.2 Å². The number of Topliss-reactive ketones (excluding diaryl/α,β-unsaturated/α-hetero) is 1. The summed E-state index contributed by atoms with van der Waals surface area (Å²) in [6.07, 6.45) is 4.12. The highest BCUT2D eigenvalue weighted by atomic mass is 35.5. The molecule has 0 radical (unpaired) electrons. The van der Waals surface area contributed by atoms with Crippen LogP contribution in [0, 0.1) is 0 Å². The van der Waals surface area contributed by atoms with Gasteiger partial charge in [-0.05, 0) is 36.3 Å². The molecule has 1 amide bonds. The van der Waals surface area contributed by atoms with E-state index in [-0.39, 0.29) is 17.8 Å². The molecule has 0 spiro atoms. The molecule has 0 N–H and O–H groups in total. The van der Waals surface area contributed by atoms with Gasteiger partial charge in [0.15, 0.2) is 17.3 Å². The lowest BCUT2D eigenvalue weighted by atomic mass is 10.1. The molecule has 1 aliphatic heterocycles. The Morgan fingerprint density at radius 1 is 1.18 bits per heavy atom. The minimum atomic E-state index is -0.256. The van der Waals surface area contributed by atoms with Crippen LogP contribution < -0.4 is 14.2 Å². The van der Waals surface area contributed by atoms with Crippen molar-refractivity contribution < 1.29 is 28.5 Å². The van der Waals surface area contributed by atoms with Gasteiger partial charge < -0.3 is 23.8 Å². The Morgan fingerprint density at radius 2 is 2.03 bits per heavy atom. The molecular formula is C25H26ClNO6. The van der Waals surface area contributed by atoms with Gasteiger partial charge in [-0.15, -0.1) is 0 Å². The van der Waals surface area contributed by atoms with E-state index in [0.29, 0.717) is 67.0 Å². The Bertz CT molecular complexity index is 1080. The average Bonchev–Trinajstić information content (AvgIpc) is 3.23. The fourth-order valence-electron chi connectivity index (χ4n) is 4.10. The number of halogens is 1. The Labute approximate surface area is 197 Å². The van der Waals surface area contributed by atoms with Crippen molar-refractivity contribution in [3.8, 4) is 17.2 Å². The van der Waals surface area contributed by atoms with Gasteiger partial charge in [0.1, 0.15) is 18.5 Å². The van der Waals surface area contributed by atoms with Crippen LogP contribution in [0.15, 0.2) is 36.4 Å². The molecule has 2 aromatic carbocycles. The van der Waals surface area contributed by atoms with Crippen LogP contribution in [0.2, 0.25) is 5.02 Å². The monoisotopic (exact) mass is 471 g/mol. The maximum atomic E-state index is 12.8. The molecule has 0 aromatic heterocycles. The lowest BCUT2D eigenvalue weighted by Gasteiger charge is -2.32. The standard InChI is InChI=1S/C25H26ClNO6/c1-30-22-10-6-16(24(26)25(22)31-2)7-11-23(29)27-12-13-32-17(14-27)15-33-21-5-3-4-18-19(21)8-9-20(18)28/h3-7,10-11,17H,8-9,12-15H2,1-2H3/b11-7+. The Morgan fingerprint density at radius 3 is 2.82 bits per heavy atom. The number of amides is 1. The summed E-state index contributed by atoms with van der Waals surface area (Å²) in [5.74, 6) is 1.68. The molecule has 1 heterocycles. The van der Waals surface area contributed by atoms with Crippen LogP contribution in [0.3, 0.4) is 0 Å². The fourth-order valence-corrected chi connectivity index (χ4v) is 4.39. The number of ketones is 1. The average molecular weight is 472 g/mol. The summed E-state index contributed by atoms with van der Waals surface area (Å²) < 4.78 is 22.3. The van der Waals surface area contributed by atoms with Gasteiger partial charge in [-0.3, -0.25) is 9.59 Å². The number of carbonyl (C=O) groups excluding carboxylic acids is 2. The molecule has 2 aliphatic rings. The summed E-state index contributed by atoms with van der Waals surface area (Å²) in [6, 6.07) is 9.06. The summed E-state index contributed by atoms with van der Waals surface area (Å²) in [5, 5.41) is 0.378. The van der Waals surface area contributed by atoms with Crippen LogP contribution in [-0.2, 0) is 16.0 Å². The predicted octanol–water partition coefficient (Wildman–Crippen LogP) is 3.81. The number of nitrogens with zero attached hydrogens (tertiary/aromatic N) is 1. The van der Waals surface area contributed by atoms with Crippen molar-refractivity contribution in [1.82, 2.24) is 4.90 Å². The van der Waals surface area contributed by atoms with Crippen molar-refractivity contribution in [2.75, 3.05) is 40.5 Å². The molecule has 1 saturated heterocycles. The number of carbonyl (C=O) groups is 2. The van der Waals surface area contributed by atoms with Crippen LogP contribution in [0.4, 0.5) is 0 Å². The molecule has 0 bridgehead atoms. The second kappa shape index (κ2) is 10.3. The predicted molar refractivity (Wildman–Crippen MR) is 124 cm³/mol. The molecule has 1 unspecified atom stereocenters. The Balaban J connectivity index is 1.37. The van der Waals surface area contributed by atoms with E-state index in [1.165, 1.54) is 20.3 Å². The van der Waals surface area contributed by atoms with Crippen molar-refractivity contribution in [1.29, 1.82) is 0 Å². The highest BCUT2D eigenvalue weighted by Gasteiger charge is 2.26. The number of rotatable bonds is 7. The van der Waals surface area contributed by atoms with E-state index >= 15 is 0 Å². The van der Waals surface area contributed by atoms with Crippen molar-refractivity contribution in [2.45, 2.75) is 18.9 Å². The first-order chi connectivity index (χ1) is 16.0. The molecule has 2 aromatic rings. The number of ether oxygens (including phenoxy) is 4. The normalized spacial score (nSPS) is 17.8. The number of methoxy groups -OCH3 is 2. The first-order valence-electron chi connectivity index (χ1n) is 10.8. The largest absolute Gasteiger partial charge is 0.493 e. The first kappa shape index (κ1) is 23.1. The number of hydrogen-bond acceptors (Lipinski definition) is 6. The van der Waals surface area contributed by atoms with Gasteiger partial charge in [0.05, 0.1) is 32.4 Å². The van der Waals surface area contributed by atoms with E-state index in [0.717, 1.165) is 11.1 Å². The first-order valence-corrected chi connectivity index (χ1v) is 11.2. The van der Waals surface area contributed by atoms with Crippen molar-refractivity contribution in [3.63, 3.8) is 0 Å². The third-order valence-corrected chi connectivity index (χ3v) is 6.22. The van der Waals surface area contributed by atoms with E-state index in [4.69, 9.17) is 30.5 Å². The third-order valence-electron chi connectivity index (χ3n) is 5.83. The molecule has 174 valence electrons. The van der Waals surface area contributed by atoms with Crippen molar-refractivity contribution in [3.05, 3.63) is 58.1 Å². The van der Waals surface area contributed by atoms with Crippen LogP contribution in [0.1, 0.15) is 27.9 Å². The maximum Gasteiger partial charge on any atom is 0.246 e. The molecule has 1 fully saturated rings. The summed E-state index contributed by atoms with van der Waals surface area (Å²) in [4.78, 5) is 26.4. The van der Waals surface area contributed by atoms with Gasteiger partial charge in [-0.1, -0.05) is 23.7 Å². The molecule has 1 aliphatic carbocycles. The van der Waals surface area contributed by atoms with E-state index in [1.54, 1.807) is 23.1 Å². The zero-order valence-corrected chi connectivity index (χ0v) is 19.4. The molecule has 0 saturated carbocycles. The van der Waals surface area contributed by atoms with Gasteiger partial charge in [0.2, 0.25) is 5.91 Å². The van der Waals surface area contributed by atoms with Gasteiger partial charge in [0, 0.05) is 30.2 Å². The SMILES string of the molecule is COc1ccc(/C=C/C(=O)N2CCOC(COc3cccc4c3CCC4=O)C2)c(Cl)c1OC. The van der Waals surface area contributed by atoms with Crippen LogP contribution in [0.5, 0.6) is 17.2 Å². The molecule has 4 rings (SSSR count). The van der Waals surface area contributed by atoms with Gasteiger partial charge >= 0.3 is 0 Å². The number of morpholine rings is 1. The lowest BCUT2D eigenvalue weighted by Crippen LogP contribution is -2.47. The number of benzene rings is 2. The lowest BCUT2D eigenvalue weighted by molar-refractivity contribution is -0.134. The van der Waals surface area contributed by atoms with Gasteiger partial charge in [-0.2, -0.15) is 0 Å². The third kappa shape index (κ3) is 4.99. The van der Waals surface area contributed by atoms with Crippen LogP contribution >= 0.6 is 11.6 Å². The number of fused-ring (bicyclic) bond motifs is 1. The minimum absolute atomic E-state index is 0.139. The smallest absolute Gasteiger partial charge is 0.246 e. The van der Waals surface area contributed by atoms with Gasteiger partial charge in [-0.25, -0.2) is 0 Å². The fraction of sp³-hybridized carbons (Fsp3) is 0.360. The second-order valence-corrected chi connectivity index (χ2v) is 8.21. The summed E-state index contributed by atoms with van der Waals surface area (Å²) in [7, 11) is 3.05. The Hall–Kier alpha value is -3.03. The highest BCUT2D eigenvalue weighted by molar-refractivity contribution is 6.33. The second-order valence-electron chi connectivity index (χ2n) is 7.83. The van der Waals surface area contributed by atoms with E-state index in [9.17, 15) is 9.59 Å². The summed E-state index contributed by atoms with van der Waals surface area (Å²) in [6.45, 7) is 1.64. The highest BCUT2D eigenvalue weighted by Crippen LogP contribution is 2.37. The number of hydrogen-bond donors (Lipinski definition) is 0. The molecule has 8 heteroatoms. The van der Waals surface area contributed by atoms with Crippen LogP contribution in [0.25, 0.3) is 6.08 Å². The maximum absolute atomic E-state index is 12.8. The zero-order valence-electron chi connectivity index (χ0n) is 18.6. The van der Waals surface area contributed by atoms with Gasteiger partial charge in [0.25, 0.3) is 0 Å². The molecule has 1 atom stereocenters. The Kier molecular flexibility index (Phi) is 7.20. The van der Waals surface area contributed by atoms with E-state index < -0.39 is 0 Å². The molecular weight excluding hydrogens is 446 g/mol. The quantitative estimate of drug-likeness (QED) is 0.572. The minimum Gasteiger partial charge on any atom is -0.493 e. The topological polar surface area (TPSA) is 74.3 Å². The van der Waals surface area contributed by atoms with E-state index in [1.807, 2.05) is 18.2 Å². The summed E-state index contributed by atoms with van der Waals surface area (Å²) >= 11 is 6.40. The molecule has 33 heavy (non-hydrogen) atoms.